The van der Waals surface area contributed by atoms with Crippen molar-refractivity contribution in [3.63, 3.8) is 0 Å². The van der Waals surface area contributed by atoms with E-state index < -0.39 is 0 Å². The first kappa shape index (κ1) is 16.6. The zero-order valence-corrected chi connectivity index (χ0v) is 14.8. The van der Waals surface area contributed by atoms with Crippen LogP contribution in [0.3, 0.4) is 0 Å². The number of amides is 1. The van der Waals surface area contributed by atoms with Crippen LogP contribution in [0, 0.1) is 6.92 Å². The van der Waals surface area contributed by atoms with E-state index in [2.05, 4.69) is 41.4 Å². The van der Waals surface area contributed by atoms with Crippen LogP contribution in [0.4, 0.5) is 5.69 Å². The van der Waals surface area contributed by atoms with Crippen molar-refractivity contribution in [2.24, 2.45) is 0 Å². The maximum Gasteiger partial charge on any atom is 0.243 e. The van der Waals surface area contributed by atoms with Crippen molar-refractivity contribution in [1.82, 2.24) is 4.90 Å². The van der Waals surface area contributed by atoms with Crippen LogP contribution in [-0.4, -0.2) is 16.8 Å². The maximum absolute atomic E-state index is 12.9. The molecule has 3 heteroatoms. The van der Waals surface area contributed by atoms with Gasteiger partial charge in [-0.05, 0) is 35.7 Å². The molecule has 130 valence electrons. The summed E-state index contributed by atoms with van der Waals surface area (Å²) >= 11 is 0. The molecule has 1 aliphatic rings. The van der Waals surface area contributed by atoms with Crippen LogP contribution >= 0.6 is 0 Å². The van der Waals surface area contributed by atoms with Gasteiger partial charge in [-0.2, -0.15) is 0 Å². The molecule has 1 fully saturated rings. The van der Waals surface area contributed by atoms with Crippen LogP contribution in [0.15, 0.2) is 84.9 Å². The minimum absolute atomic E-state index is 0.0559. The summed E-state index contributed by atoms with van der Waals surface area (Å²) in [5.74, 6) is 0.0559. The molecule has 26 heavy (non-hydrogen) atoms. The highest BCUT2D eigenvalue weighted by Gasteiger charge is 2.53. The van der Waals surface area contributed by atoms with Crippen LogP contribution in [0.25, 0.3) is 0 Å². The molecular formula is C23H22N2O. The second-order valence-electron chi connectivity index (χ2n) is 6.76. The zero-order valence-electron chi connectivity index (χ0n) is 14.8. The molecule has 0 spiro atoms. The Labute approximate surface area is 154 Å². The van der Waals surface area contributed by atoms with Gasteiger partial charge in [0, 0.05) is 12.2 Å². The van der Waals surface area contributed by atoms with Gasteiger partial charge in [0.15, 0.2) is 0 Å². The Morgan fingerprint density at radius 1 is 0.885 bits per heavy atom. The molecule has 1 aliphatic heterocycles. The number of carbonyl (C=O) groups excluding carboxylic acids is 1. The summed E-state index contributed by atoms with van der Waals surface area (Å²) in [5, 5.41) is 3.06. The number of nitrogens with one attached hydrogen (secondary N) is 1. The highest BCUT2D eigenvalue weighted by atomic mass is 16.2. The normalized spacial score (nSPS) is 21.2. The van der Waals surface area contributed by atoms with Crippen molar-refractivity contribution in [3.8, 4) is 0 Å². The third kappa shape index (κ3) is 3.39. The summed E-state index contributed by atoms with van der Waals surface area (Å²) in [6, 6.07) is 28.3. The molecule has 4 rings (SSSR count). The van der Waals surface area contributed by atoms with Crippen LogP contribution in [0.5, 0.6) is 0 Å². The third-order valence-electron chi connectivity index (χ3n) is 4.95. The van der Waals surface area contributed by atoms with Gasteiger partial charge in [-0.15, -0.1) is 0 Å². The second kappa shape index (κ2) is 7.14. The van der Waals surface area contributed by atoms with Crippen molar-refractivity contribution >= 4 is 11.6 Å². The molecule has 0 radical (unpaired) electrons. The molecule has 1 N–H and O–H groups in total. The lowest BCUT2D eigenvalue weighted by Gasteiger charge is -2.06. The fraction of sp³-hybridized carbons (Fsp3) is 0.174. The Bertz CT molecular complexity index is 892. The first-order chi connectivity index (χ1) is 12.7. The molecule has 1 heterocycles. The van der Waals surface area contributed by atoms with E-state index in [1.165, 1.54) is 16.7 Å². The monoisotopic (exact) mass is 342 g/mol. The van der Waals surface area contributed by atoms with Gasteiger partial charge in [0.05, 0.1) is 6.04 Å². The van der Waals surface area contributed by atoms with Gasteiger partial charge in [0.25, 0.3) is 0 Å². The number of anilines is 1. The van der Waals surface area contributed by atoms with Gasteiger partial charge in [0.1, 0.15) is 6.04 Å². The summed E-state index contributed by atoms with van der Waals surface area (Å²) in [6.07, 6.45) is 0. The molecule has 3 aromatic rings. The smallest absolute Gasteiger partial charge is 0.243 e. The number of hydrogen-bond acceptors (Lipinski definition) is 2. The van der Waals surface area contributed by atoms with Gasteiger partial charge in [0.2, 0.25) is 5.91 Å². The molecule has 3 aromatic carbocycles. The number of hydrogen-bond donors (Lipinski definition) is 1. The maximum atomic E-state index is 12.9. The van der Waals surface area contributed by atoms with Gasteiger partial charge in [-0.3, -0.25) is 9.69 Å². The lowest BCUT2D eigenvalue weighted by molar-refractivity contribution is -0.116. The molecule has 1 unspecified atom stereocenters. The topological polar surface area (TPSA) is 32.1 Å². The average molecular weight is 342 g/mol. The fourth-order valence-electron chi connectivity index (χ4n) is 3.57. The fourth-order valence-corrected chi connectivity index (χ4v) is 3.57. The number of carbonyl (C=O) groups is 1. The molecule has 1 saturated heterocycles. The Hall–Kier alpha value is -2.91. The van der Waals surface area contributed by atoms with Gasteiger partial charge >= 0.3 is 0 Å². The highest BCUT2D eigenvalue weighted by Crippen LogP contribution is 2.46. The summed E-state index contributed by atoms with van der Waals surface area (Å²) < 4.78 is 0. The first-order valence-electron chi connectivity index (χ1n) is 8.95. The van der Waals surface area contributed by atoms with Crippen molar-refractivity contribution in [2.75, 3.05) is 5.32 Å². The largest absolute Gasteiger partial charge is 0.325 e. The molecule has 0 bridgehead atoms. The summed E-state index contributed by atoms with van der Waals surface area (Å²) in [4.78, 5) is 15.2. The number of aryl methyl sites for hydroxylation is 1. The van der Waals surface area contributed by atoms with Gasteiger partial charge in [-0.25, -0.2) is 0 Å². The Morgan fingerprint density at radius 3 is 2.19 bits per heavy atom. The number of para-hydroxylation sites is 1. The van der Waals surface area contributed by atoms with E-state index in [0.717, 1.165) is 12.2 Å². The van der Waals surface area contributed by atoms with Crippen LogP contribution in [0.2, 0.25) is 0 Å². The summed E-state index contributed by atoms with van der Waals surface area (Å²) in [6.45, 7) is 2.88. The lowest BCUT2D eigenvalue weighted by atomic mass is 10.0. The van der Waals surface area contributed by atoms with Gasteiger partial charge < -0.3 is 5.32 Å². The molecule has 1 amide bonds. The number of benzene rings is 3. The zero-order chi connectivity index (χ0) is 17.9. The minimum Gasteiger partial charge on any atom is -0.325 e. The van der Waals surface area contributed by atoms with Crippen molar-refractivity contribution in [3.05, 3.63) is 102 Å². The Morgan fingerprint density at radius 2 is 1.50 bits per heavy atom. The quantitative estimate of drug-likeness (QED) is 0.689. The molecule has 0 aliphatic carbocycles. The van der Waals surface area contributed by atoms with Crippen LogP contribution in [-0.2, 0) is 11.3 Å². The standard InChI is InChI=1S/C23H22N2O/c1-17-10-8-9-15-20(17)21-22(23(26)24-19-13-6-3-7-14-19)25(21)16-18-11-4-2-5-12-18/h2-15,21-22H,16H2,1H3,(H,24,26)/t21-,22+,25?/m0/s1. The minimum atomic E-state index is -0.142. The molecule has 0 saturated carbocycles. The van der Waals surface area contributed by atoms with E-state index in [-0.39, 0.29) is 18.0 Å². The number of nitrogens with zero attached hydrogens (tertiary/aromatic N) is 1. The molecule has 3 atom stereocenters. The first-order valence-corrected chi connectivity index (χ1v) is 8.95. The van der Waals surface area contributed by atoms with Crippen LogP contribution in [0.1, 0.15) is 22.7 Å². The van der Waals surface area contributed by atoms with E-state index in [4.69, 9.17) is 0 Å². The Kier molecular flexibility index (Phi) is 4.55. The van der Waals surface area contributed by atoms with E-state index in [9.17, 15) is 4.79 Å². The third-order valence-corrected chi connectivity index (χ3v) is 4.95. The van der Waals surface area contributed by atoms with Crippen molar-refractivity contribution in [1.29, 1.82) is 0 Å². The summed E-state index contributed by atoms with van der Waals surface area (Å²) in [5.41, 5.74) is 4.52. The molecule has 3 nitrogen and oxygen atoms in total. The SMILES string of the molecule is Cc1ccccc1[C@H]1[C@H](C(=O)Nc2ccccc2)N1Cc1ccccc1. The number of rotatable bonds is 5. The van der Waals surface area contributed by atoms with Crippen molar-refractivity contribution in [2.45, 2.75) is 25.6 Å². The lowest BCUT2D eigenvalue weighted by Crippen LogP contribution is -2.21. The van der Waals surface area contributed by atoms with E-state index in [1.54, 1.807) is 0 Å². The second-order valence-corrected chi connectivity index (χ2v) is 6.76. The van der Waals surface area contributed by atoms with E-state index in [0.29, 0.717) is 0 Å². The van der Waals surface area contributed by atoms with Gasteiger partial charge in [-0.1, -0.05) is 72.8 Å². The molecule has 0 aromatic heterocycles. The van der Waals surface area contributed by atoms with E-state index in [1.807, 2.05) is 60.7 Å². The van der Waals surface area contributed by atoms with E-state index >= 15 is 0 Å². The Balaban J connectivity index is 1.57. The van der Waals surface area contributed by atoms with Crippen LogP contribution < -0.4 is 5.32 Å². The average Bonchev–Trinajstić information content (AvgIpc) is 3.37. The highest BCUT2D eigenvalue weighted by molar-refractivity contribution is 5.97. The predicted molar refractivity (Wildman–Crippen MR) is 105 cm³/mol. The predicted octanol–water partition coefficient (Wildman–Crippen LogP) is 4.56. The molecular weight excluding hydrogens is 320 g/mol. The van der Waals surface area contributed by atoms with Crippen molar-refractivity contribution < 1.29 is 4.79 Å². The summed E-state index contributed by atoms with van der Waals surface area (Å²) in [7, 11) is 0.